The fourth-order valence-corrected chi connectivity index (χ4v) is 6.77. The Labute approximate surface area is 241 Å². The van der Waals surface area contributed by atoms with Crippen molar-refractivity contribution >= 4 is 40.9 Å². The van der Waals surface area contributed by atoms with Crippen LogP contribution in [0.25, 0.3) is 0 Å². The summed E-state index contributed by atoms with van der Waals surface area (Å²) in [5.74, 6) is 1.56. The molecule has 0 atom stereocenters. The van der Waals surface area contributed by atoms with Crippen molar-refractivity contribution in [3.05, 3.63) is 95.1 Å². The third-order valence-corrected chi connectivity index (χ3v) is 8.79. The third-order valence-electron chi connectivity index (χ3n) is 7.73. The van der Waals surface area contributed by atoms with Gasteiger partial charge in [0.1, 0.15) is 23.6 Å². The zero-order valence-electron chi connectivity index (χ0n) is 23.7. The molecule has 0 saturated heterocycles. The van der Waals surface area contributed by atoms with Gasteiger partial charge in [-0.1, -0.05) is 89.7 Å². The number of hydrogen-bond donors (Lipinski definition) is 0. The fraction of sp³-hybridized carbons (Fsp3) is 0.235. The van der Waals surface area contributed by atoms with Crippen molar-refractivity contribution < 1.29 is 4.74 Å². The van der Waals surface area contributed by atoms with E-state index >= 15 is 0 Å². The molecule has 0 bridgehead atoms. The summed E-state index contributed by atoms with van der Waals surface area (Å²) in [6.07, 6.45) is 0. The van der Waals surface area contributed by atoms with E-state index in [1.165, 1.54) is 0 Å². The van der Waals surface area contributed by atoms with E-state index in [4.69, 9.17) is 4.74 Å². The minimum atomic E-state index is -0.292. The number of nitrogens with zero attached hydrogens (tertiary/aromatic N) is 3. The number of ether oxygens (including phenoxy) is 1. The van der Waals surface area contributed by atoms with E-state index in [9.17, 15) is 10.5 Å². The predicted molar refractivity (Wildman–Crippen MR) is 164 cm³/mol. The minimum absolute atomic E-state index is 0.130. The Morgan fingerprint density at radius 1 is 0.675 bits per heavy atom. The van der Waals surface area contributed by atoms with Gasteiger partial charge in [0.15, 0.2) is 0 Å². The fourth-order valence-electron chi connectivity index (χ4n) is 5.56. The molecule has 2 heterocycles. The van der Waals surface area contributed by atoms with Crippen molar-refractivity contribution in [2.75, 3.05) is 4.81 Å². The Hall–Kier alpha value is -4.13. The first-order chi connectivity index (χ1) is 19.0. The lowest BCUT2D eigenvalue weighted by Crippen LogP contribution is -2.58. The van der Waals surface area contributed by atoms with Crippen LogP contribution in [0, 0.1) is 22.7 Å². The highest BCUT2D eigenvalue weighted by Crippen LogP contribution is 2.53. The van der Waals surface area contributed by atoms with Crippen LogP contribution in [0.5, 0.6) is 11.5 Å². The first-order valence-electron chi connectivity index (χ1n) is 13.5. The molecule has 0 N–H and O–H groups in total. The Morgan fingerprint density at radius 2 is 1.10 bits per heavy atom. The molecule has 0 spiro atoms. The van der Waals surface area contributed by atoms with Gasteiger partial charge in [0, 0.05) is 9.79 Å². The maximum Gasteiger partial charge on any atom is 0.335 e. The number of anilines is 2. The molecule has 0 fully saturated rings. The van der Waals surface area contributed by atoms with E-state index in [0.29, 0.717) is 11.1 Å². The second kappa shape index (κ2) is 9.22. The Morgan fingerprint density at radius 3 is 1.50 bits per heavy atom. The first-order valence-corrected chi connectivity index (χ1v) is 14.3. The maximum atomic E-state index is 10.5. The Balaban J connectivity index is 1.74. The van der Waals surface area contributed by atoms with E-state index < -0.39 is 0 Å². The summed E-state index contributed by atoms with van der Waals surface area (Å²) >= 11 is 1.66. The van der Waals surface area contributed by atoms with Gasteiger partial charge in [-0.05, 0) is 69.3 Å². The van der Waals surface area contributed by atoms with Crippen molar-refractivity contribution in [3.8, 4) is 23.6 Å². The number of nitriles is 2. The number of benzene rings is 4. The first kappa shape index (κ1) is 26.1. The maximum absolute atomic E-state index is 10.5. The summed E-state index contributed by atoms with van der Waals surface area (Å²) in [5.41, 5.74) is 6.84. The normalized spacial score (nSPS) is 13.7. The van der Waals surface area contributed by atoms with Gasteiger partial charge in [-0.2, -0.15) is 10.5 Å². The minimum Gasteiger partial charge on any atom is -0.458 e. The van der Waals surface area contributed by atoms with Crippen LogP contribution in [0.15, 0.2) is 82.6 Å². The second-order valence-corrected chi connectivity index (χ2v) is 13.6. The van der Waals surface area contributed by atoms with E-state index in [0.717, 1.165) is 54.7 Å². The molecule has 4 aromatic carbocycles. The largest absolute Gasteiger partial charge is 0.458 e. The van der Waals surface area contributed by atoms with Gasteiger partial charge < -0.3 is 9.55 Å². The zero-order valence-corrected chi connectivity index (χ0v) is 24.5. The molecular weight excluding hydrogens is 509 g/mol. The molecule has 0 unspecified atom stereocenters. The van der Waals surface area contributed by atoms with Crippen LogP contribution in [0.4, 0.5) is 11.4 Å². The molecule has 0 aliphatic carbocycles. The molecule has 4 nitrogen and oxygen atoms in total. The third kappa shape index (κ3) is 4.15. The van der Waals surface area contributed by atoms with Gasteiger partial charge in [0.2, 0.25) is 0 Å². The molecule has 6 rings (SSSR count). The summed E-state index contributed by atoms with van der Waals surface area (Å²) < 4.78 is 6.35. The zero-order chi connectivity index (χ0) is 28.4. The second-order valence-electron chi connectivity index (χ2n) is 12.5. The summed E-state index contributed by atoms with van der Waals surface area (Å²) in [6.45, 7) is 12.7. The molecule has 0 saturated carbocycles. The average molecular weight is 540 g/mol. The summed E-state index contributed by atoms with van der Waals surface area (Å²) in [7, 11) is 0. The number of fused-ring (bicyclic) bond motifs is 4. The Bertz CT molecular complexity index is 1640. The molecule has 196 valence electrons. The molecule has 6 heteroatoms. The number of rotatable bonds is 1. The number of hydrogen-bond acceptors (Lipinski definition) is 5. The molecular formula is C34H30BN3OS. The van der Waals surface area contributed by atoms with Crippen LogP contribution in [-0.4, -0.2) is 6.85 Å². The van der Waals surface area contributed by atoms with Gasteiger partial charge in [-0.15, -0.1) is 0 Å². The molecule has 4 aromatic rings. The molecule has 0 radical (unpaired) electrons. The molecule has 2 aliphatic rings. The molecule has 0 amide bonds. The van der Waals surface area contributed by atoms with Gasteiger partial charge in [-0.3, -0.25) is 0 Å². The molecule has 0 aromatic heterocycles. The highest BCUT2D eigenvalue weighted by molar-refractivity contribution is 7.99. The predicted octanol–water partition coefficient (Wildman–Crippen LogP) is 7.54. The monoisotopic (exact) mass is 539 g/mol. The highest BCUT2D eigenvalue weighted by Gasteiger charge is 2.43. The van der Waals surface area contributed by atoms with Crippen molar-refractivity contribution in [1.29, 1.82) is 10.5 Å². The Kier molecular flexibility index (Phi) is 6.02. The van der Waals surface area contributed by atoms with E-state index in [1.54, 1.807) is 11.8 Å². The lowest BCUT2D eigenvalue weighted by Gasteiger charge is -2.42. The van der Waals surface area contributed by atoms with Crippen molar-refractivity contribution in [2.45, 2.75) is 62.2 Å². The van der Waals surface area contributed by atoms with E-state index in [2.05, 4.69) is 82.8 Å². The quantitative estimate of drug-likeness (QED) is 0.234. The van der Waals surface area contributed by atoms with E-state index in [1.807, 2.05) is 48.5 Å². The topological polar surface area (TPSA) is 60.0 Å². The van der Waals surface area contributed by atoms with Gasteiger partial charge in [0.25, 0.3) is 0 Å². The van der Waals surface area contributed by atoms with Crippen LogP contribution >= 0.6 is 11.8 Å². The lowest BCUT2D eigenvalue weighted by atomic mass is 9.47. The van der Waals surface area contributed by atoms with Gasteiger partial charge >= 0.3 is 6.85 Å². The number of para-hydroxylation sites is 2. The standard InChI is InChI=1S/C34H30BN3OS/c1-33(2,3)23-15-21(19-36)31-29(17-23)40-30-18-24(34(4,5)6)16-22(20-37)32(30)38(31)35-25-11-7-9-13-27(25)39-28-14-10-8-12-26(28)35/h7-18H,1-6H3. The lowest BCUT2D eigenvalue weighted by molar-refractivity contribution is 0.487. The van der Waals surface area contributed by atoms with Gasteiger partial charge in [-0.25, -0.2) is 0 Å². The van der Waals surface area contributed by atoms with Gasteiger partial charge in [0.05, 0.1) is 22.5 Å². The molecule has 2 aliphatic heterocycles. The van der Waals surface area contributed by atoms with Crippen LogP contribution in [0.3, 0.4) is 0 Å². The SMILES string of the molecule is CC(C)(C)c1cc(C#N)c2c(c1)Sc1cc(C(C)(C)C)cc(C#N)c1N2B1c2ccccc2Oc2ccccc21. The van der Waals surface area contributed by atoms with E-state index in [-0.39, 0.29) is 17.7 Å². The smallest absolute Gasteiger partial charge is 0.335 e. The summed E-state index contributed by atoms with van der Waals surface area (Å²) in [4.78, 5) is 4.28. The highest BCUT2D eigenvalue weighted by atomic mass is 32.2. The van der Waals surface area contributed by atoms with Crippen molar-refractivity contribution in [2.24, 2.45) is 0 Å². The van der Waals surface area contributed by atoms with Crippen LogP contribution in [-0.2, 0) is 10.8 Å². The summed E-state index contributed by atoms with van der Waals surface area (Å²) in [6, 6.07) is 29.7. The average Bonchev–Trinajstić information content (AvgIpc) is 2.92. The summed E-state index contributed by atoms with van der Waals surface area (Å²) in [5, 5.41) is 21.1. The van der Waals surface area contributed by atoms with Crippen LogP contribution < -0.4 is 20.5 Å². The van der Waals surface area contributed by atoms with Crippen LogP contribution in [0.2, 0.25) is 0 Å². The molecule has 40 heavy (non-hydrogen) atoms. The van der Waals surface area contributed by atoms with Crippen LogP contribution in [0.1, 0.15) is 63.8 Å². The van der Waals surface area contributed by atoms with Crippen molar-refractivity contribution in [1.82, 2.24) is 0 Å². The van der Waals surface area contributed by atoms with Crippen molar-refractivity contribution in [3.63, 3.8) is 0 Å².